The molecule has 0 aliphatic heterocycles. The molecule has 0 radical (unpaired) electrons. The molecule has 2 heterocycles. The number of hydrogen-bond donors (Lipinski definition) is 0. The summed E-state index contributed by atoms with van der Waals surface area (Å²) in [7, 11) is 0. The van der Waals surface area contributed by atoms with Crippen LogP contribution in [0.4, 0.5) is 0 Å². The van der Waals surface area contributed by atoms with Gasteiger partial charge < -0.3 is 0 Å². The summed E-state index contributed by atoms with van der Waals surface area (Å²) in [5.41, 5.74) is 2.90. The smallest absolute Gasteiger partial charge is 0.263 e. The van der Waals surface area contributed by atoms with E-state index in [1.165, 1.54) is 22.4 Å². The Bertz CT molecular complexity index is 748. The van der Waals surface area contributed by atoms with Gasteiger partial charge in [-0.1, -0.05) is 36.4 Å². The molecular weight excluding hydrogens is 324 g/mol. The van der Waals surface area contributed by atoms with Crippen LogP contribution in [0.3, 0.4) is 0 Å². The van der Waals surface area contributed by atoms with Gasteiger partial charge in [-0.25, -0.2) is 4.98 Å². The Balaban J connectivity index is 2.13. The number of hydrogen-bond acceptors (Lipinski definition) is 4. The summed E-state index contributed by atoms with van der Waals surface area (Å²) in [6.45, 7) is 2.81. The van der Waals surface area contributed by atoms with Crippen molar-refractivity contribution in [1.29, 1.82) is 0 Å². The molecule has 1 aliphatic rings. The molecule has 3 rings (SSSR count). The van der Waals surface area contributed by atoms with E-state index in [4.69, 9.17) is 16.6 Å². The minimum atomic E-state index is 0.138. The Hall–Kier alpha value is -0.780. The van der Waals surface area contributed by atoms with Crippen LogP contribution in [0, 0.1) is 0 Å². The van der Waals surface area contributed by atoms with E-state index in [1.807, 2.05) is 10.6 Å². The van der Waals surface area contributed by atoms with E-state index in [0.717, 1.165) is 46.9 Å². The van der Waals surface area contributed by atoms with Crippen molar-refractivity contribution in [3.63, 3.8) is 0 Å². The van der Waals surface area contributed by atoms with Crippen molar-refractivity contribution in [3.8, 4) is 0 Å². The first-order chi connectivity index (χ1) is 10.3. The van der Waals surface area contributed by atoms with Gasteiger partial charge in [0.15, 0.2) is 5.16 Å². The van der Waals surface area contributed by atoms with Gasteiger partial charge in [0.2, 0.25) is 0 Å². The minimum Gasteiger partial charge on any atom is -0.287 e. The number of thiophene rings is 1. The topological polar surface area (TPSA) is 34.9 Å². The fourth-order valence-corrected chi connectivity index (χ4v) is 5.08. The van der Waals surface area contributed by atoms with E-state index in [1.54, 1.807) is 23.1 Å². The molecule has 6 heteroatoms. The van der Waals surface area contributed by atoms with Gasteiger partial charge >= 0.3 is 0 Å². The molecule has 0 bridgehead atoms. The van der Waals surface area contributed by atoms with Crippen molar-refractivity contribution in [2.45, 2.75) is 44.3 Å². The van der Waals surface area contributed by atoms with E-state index in [9.17, 15) is 4.79 Å². The van der Waals surface area contributed by atoms with E-state index >= 15 is 0 Å². The van der Waals surface area contributed by atoms with Crippen LogP contribution in [0.25, 0.3) is 10.2 Å². The first-order valence-corrected chi connectivity index (χ1v) is 9.43. The molecule has 112 valence electrons. The fraction of sp³-hybridized carbons (Fsp3) is 0.467. The zero-order valence-electron chi connectivity index (χ0n) is 11.9. The second kappa shape index (κ2) is 6.55. The molecular formula is C15H17ClN2OS2. The van der Waals surface area contributed by atoms with Crippen LogP contribution < -0.4 is 5.56 Å². The van der Waals surface area contributed by atoms with Crippen molar-refractivity contribution in [1.82, 2.24) is 9.55 Å². The van der Waals surface area contributed by atoms with Gasteiger partial charge in [-0.15, -0.1) is 11.3 Å². The maximum atomic E-state index is 12.9. The normalized spacial score (nSPS) is 14.4. The van der Waals surface area contributed by atoms with Gasteiger partial charge in [-0.05, 0) is 31.2 Å². The summed E-state index contributed by atoms with van der Waals surface area (Å²) in [4.78, 5) is 19.9. The average molecular weight is 341 g/mol. The monoisotopic (exact) mass is 340 g/mol. The second-order valence-corrected chi connectivity index (χ2v) is 7.38. The van der Waals surface area contributed by atoms with Crippen LogP contribution in [0.1, 0.15) is 30.2 Å². The quantitative estimate of drug-likeness (QED) is 0.604. The molecule has 0 N–H and O–H groups in total. The molecule has 0 saturated carbocycles. The molecule has 3 nitrogen and oxygen atoms in total. The largest absolute Gasteiger partial charge is 0.287 e. The average Bonchev–Trinajstić information content (AvgIpc) is 3.03. The Kier molecular flexibility index (Phi) is 4.72. The molecule has 2 aromatic rings. The van der Waals surface area contributed by atoms with Crippen LogP contribution in [0.15, 0.2) is 21.6 Å². The summed E-state index contributed by atoms with van der Waals surface area (Å²) >= 11 is 8.83. The Morgan fingerprint density at radius 1 is 1.48 bits per heavy atom. The summed E-state index contributed by atoms with van der Waals surface area (Å²) in [5, 5.41) is 1.68. The van der Waals surface area contributed by atoms with Crippen LogP contribution in [0.5, 0.6) is 0 Å². The fourth-order valence-electron chi connectivity index (χ4n) is 2.75. The number of nitrogens with zero attached hydrogens (tertiary/aromatic N) is 2. The lowest BCUT2D eigenvalue weighted by Gasteiger charge is -2.10. The van der Waals surface area contributed by atoms with Crippen LogP contribution in [0.2, 0.25) is 0 Å². The third-order valence-corrected chi connectivity index (χ3v) is 5.93. The zero-order valence-corrected chi connectivity index (χ0v) is 14.3. The van der Waals surface area contributed by atoms with E-state index in [0.29, 0.717) is 0 Å². The molecule has 1 aliphatic carbocycles. The maximum Gasteiger partial charge on any atom is 0.263 e. The molecule has 0 spiro atoms. The van der Waals surface area contributed by atoms with Gasteiger partial charge in [0, 0.05) is 22.7 Å². The SMILES string of the molecule is CCCn1c(SC/C=C/Cl)nc2sc3c(c2c1=O)CCC3. The number of fused-ring (bicyclic) bond motifs is 3. The molecule has 2 aromatic heterocycles. The molecule has 21 heavy (non-hydrogen) atoms. The van der Waals surface area contributed by atoms with Crippen LogP contribution >= 0.6 is 34.7 Å². The lowest BCUT2D eigenvalue weighted by molar-refractivity contribution is 0.585. The third kappa shape index (κ3) is 2.79. The van der Waals surface area contributed by atoms with Gasteiger partial charge in [-0.2, -0.15) is 0 Å². The molecule has 0 aromatic carbocycles. The van der Waals surface area contributed by atoms with Crippen molar-refractivity contribution in [2.75, 3.05) is 5.75 Å². The van der Waals surface area contributed by atoms with E-state index in [-0.39, 0.29) is 5.56 Å². The van der Waals surface area contributed by atoms with Crippen molar-refractivity contribution in [3.05, 3.63) is 32.4 Å². The van der Waals surface area contributed by atoms with Crippen molar-refractivity contribution >= 4 is 44.9 Å². The summed E-state index contributed by atoms with van der Waals surface area (Å²) in [6, 6.07) is 0. The number of aryl methyl sites for hydroxylation is 2. The predicted octanol–water partition coefficient (Wildman–Crippen LogP) is 4.20. The highest BCUT2D eigenvalue weighted by Gasteiger charge is 2.22. The van der Waals surface area contributed by atoms with E-state index in [2.05, 4.69) is 6.92 Å². The van der Waals surface area contributed by atoms with Crippen LogP contribution in [-0.4, -0.2) is 15.3 Å². The van der Waals surface area contributed by atoms with Crippen molar-refractivity contribution < 1.29 is 0 Å². The molecule has 0 unspecified atom stereocenters. The van der Waals surface area contributed by atoms with Crippen LogP contribution in [-0.2, 0) is 19.4 Å². The third-order valence-electron chi connectivity index (χ3n) is 3.63. The Morgan fingerprint density at radius 3 is 3.10 bits per heavy atom. The highest BCUT2D eigenvalue weighted by Crippen LogP contribution is 2.35. The summed E-state index contributed by atoms with van der Waals surface area (Å²) in [5.74, 6) is 0.732. The number of aromatic nitrogens is 2. The van der Waals surface area contributed by atoms with Gasteiger partial charge in [0.05, 0.1) is 5.39 Å². The maximum absolute atomic E-state index is 12.9. The summed E-state index contributed by atoms with van der Waals surface area (Å²) in [6.07, 6.45) is 6.09. The molecule has 0 fully saturated rings. The molecule has 0 saturated heterocycles. The Labute approximate surface area is 137 Å². The van der Waals surface area contributed by atoms with Gasteiger partial charge in [0.25, 0.3) is 5.56 Å². The standard InChI is InChI=1S/C15H17ClN2OS2/c1-2-8-18-14(19)12-10-5-3-6-11(10)21-13(12)17-15(18)20-9-4-7-16/h4,7H,2-3,5-6,8-9H2,1H3/b7-4+. The first-order valence-electron chi connectivity index (χ1n) is 7.19. The van der Waals surface area contributed by atoms with Crippen molar-refractivity contribution in [2.24, 2.45) is 0 Å². The highest BCUT2D eigenvalue weighted by molar-refractivity contribution is 7.99. The second-order valence-electron chi connectivity index (χ2n) is 5.06. The first kappa shape index (κ1) is 15.1. The lowest BCUT2D eigenvalue weighted by Crippen LogP contribution is -2.23. The molecule has 0 amide bonds. The zero-order chi connectivity index (χ0) is 14.8. The van der Waals surface area contributed by atoms with Gasteiger partial charge in [0.1, 0.15) is 4.83 Å². The number of halogens is 1. The molecule has 0 atom stereocenters. The van der Waals surface area contributed by atoms with Gasteiger partial charge in [-0.3, -0.25) is 9.36 Å². The predicted molar refractivity (Wildman–Crippen MR) is 91.9 cm³/mol. The minimum absolute atomic E-state index is 0.138. The number of rotatable bonds is 5. The number of thioether (sulfide) groups is 1. The van der Waals surface area contributed by atoms with E-state index < -0.39 is 0 Å². The Morgan fingerprint density at radius 2 is 2.33 bits per heavy atom. The summed E-state index contributed by atoms with van der Waals surface area (Å²) < 4.78 is 1.83. The lowest BCUT2D eigenvalue weighted by atomic mass is 10.2. The highest BCUT2D eigenvalue weighted by atomic mass is 35.5.